The highest BCUT2D eigenvalue weighted by Gasteiger charge is 2.50. The number of fused-ring (bicyclic) bond motifs is 1. The van der Waals surface area contributed by atoms with E-state index in [0.29, 0.717) is 29.8 Å². The smallest absolute Gasteiger partial charge is 0.305 e. The molecule has 0 bridgehead atoms. The molecule has 6 atom stereocenters. The van der Waals surface area contributed by atoms with Crippen molar-refractivity contribution in [3.63, 3.8) is 0 Å². The zero-order valence-corrected chi connectivity index (χ0v) is 22.3. The predicted molar refractivity (Wildman–Crippen MR) is 142 cm³/mol. The van der Waals surface area contributed by atoms with Crippen molar-refractivity contribution in [2.75, 3.05) is 13.2 Å². The molecule has 3 aliphatic rings. The molecule has 0 spiro atoms. The van der Waals surface area contributed by atoms with Gasteiger partial charge in [0.05, 0.1) is 25.7 Å². The Balaban J connectivity index is 1.63. The summed E-state index contributed by atoms with van der Waals surface area (Å²) in [5.74, 6) is 8.38. The average molecular weight is 483 g/mol. The first kappa shape index (κ1) is 27.8. The summed E-state index contributed by atoms with van der Waals surface area (Å²) in [6.07, 6.45) is 13.0. The maximum absolute atomic E-state index is 10.8. The van der Waals surface area contributed by atoms with Crippen LogP contribution in [0.3, 0.4) is 0 Å². The number of aliphatic hydroxyl groups is 1. The zero-order chi connectivity index (χ0) is 25.6. The third-order valence-electron chi connectivity index (χ3n) is 8.83. The summed E-state index contributed by atoms with van der Waals surface area (Å²) in [7, 11) is 0. The molecule has 4 heteroatoms. The second kappa shape index (κ2) is 12.4. The lowest BCUT2D eigenvalue weighted by atomic mass is 9.61. The second-order valence-corrected chi connectivity index (χ2v) is 11.7. The quantitative estimate of drug-likeness (QED) is 0.304. The largest absolute Gasteiger partial charge is 0.481 e. The number of carbonyl (C=O) groups is 1. The fourth-order valence-corrected chi connectivity index (χ4v) is 6.88. The SMILES string of the molecule is C=C1/C(=C\C=C2/CCCC3(C)C2CC[C@@H]3[C@H](C)CC#CC(C)C)CC[C@H](COCCC(=O)O)[C@@H]1O. The molecule has 0 aliphatic heterocycles. The Hall–Kier alpha value is -1.83. The molecular weight excluding hydrogens is 436 g/mol. The number of carboxylic acid groups (broad SMARTS) is 1. The van der Waals surface area contributed by atoms with E-state index in [2.05, 4.69) is 58.3 Å². The van der Waals surface area contributed by atoms with E-state index in [4.69, 9.17) is 9.84 Å². The van der Waals surface area contributed by atoms with Gasteiger partial charge in [0.25, 0.3) is 0 Å². The molecule has 0 aromatic rings. The molecule has 3 aliphatic carbocycles. The van der Waals surface area contributed by atoms with E-state index in [1.165, 1.54) is 32.1 Å². The lowest BCUT2D eigenvalue weighted by Crippen LogP contribution is -2.36. The third kappa shape index (κ3) is 6.89. The maximum atomic E-state index is 10.8. The molecule has 0 amide bonds. The van der Waals surface area contributed by atoms with Gasteiger partial charge < -0.3 is 14.9 Å². The zero-order valence-electron chi connectivity index (χ0n) is 22.3. The molecule has 3 rings (SSSR count). The van der Waals surface area contributed by atoms with Crippen molar-refractivity contribution in [3.05, 3.63) is 35.5 Å². The van der Waals surface area contributed by atoms with Gasteiger partial charge in [-0.3, -0.25) is 4.79 Å². The van der Waals surface area contributed by atoms with Crippen molar-refractivity contribution in [1.82, 2.24) is 0 Å². The molecule has 0 heterocycles. The van der Waals surface area contributed by atoms with Crippen LogP contribution >= 0.6 is 0 Å². The molecule has 0 radical (unpaired) electrons. The number of rotatable bonds is 8. The van der Waals surface area contributed by atoms with Gasteiger partial charge in [-0.2, -0.15) is 0 Å². The lowest BCUT2D eigenvalue weighted by molar-refractivity contribution is -0.138. The standard InChI is InChI=1S/C31H46O4/c1-21(2)8-6-9-22(3)27-15-16-28-25(10-7-18-31(27,28)5)13-11-24-12-14-26(30(34)23(24)4)20-35-19-17-29(32)33/h11,13,21-22,26-28,30,34H,4,7,9-10,12,14-20H2,1-3,5H3,(H,32,33)/b24-11-,25-13+/t22-,26-,27-,28?,30-,31?/m1/s1. The van der Waals surface area contributed by atoms with Gasteiger partial charge in [0.1, 0.15) is 0 Å². The van der Waals surface area contributed by atoms with Crippen LogP contribution in [0.15, 0.2) is 35.5 Å². The van der Waals surface area contributed by atoms with Gasteiger partial charge in [-0.25, -0.2) is 0 Å². The van der Waals surface area contributed by atoms with Crippen LogP contribution in [0.1, 0.15) is 85.5 Å². The first-order chi connectivity index (χ1) is 16.6. The Morgan fingerprint density at radius 3 is 2.71 bits per heavy atom. The number of allylic oxidation sites excluding steroid dienone is 3. The number of aliphatic carboxylic acids is 1. The summed E-state index contributed by atoms with van der Waals surface area (Å²) < 4.78 is 5.50. The fourth-order valence-electron chi connectivity index (χ4n) is 6.88. The van der Waals surface area contributed by atoms with Crippen molar-refractivity contribution in [2.24, 2.45) is 35.0 Å². The average Bonchev–Trinajstić information content (AvgIpc) is 3.16. The Morgan fingerprint density at radius 1 is 1.23 bits per heavy atom. The summed E-state index contributed by atoms with van der Waals surface area (Å²) >= 11 is 0. The maximum Gasteiger partial charge on any atom is 0.305 e. The van der Waals surface area contributed by atoms with Gasteiger partial charge in [-0.15, -0.1) is 11.8 Å². The number of hydrogen-bond acceptors (Lipinski definition) is 3. The molecule has 2 N–H and O–H groups in total. The van der Waals surface area contributed by atoms with Crippen LogP contribution in [0.2, 0.25) is 0 Å². The molecule has 0 aromatic carbocycles. The Labute approximate surface area is 212 Å². The van der Waals surface area contributed by atoms with Crippen molar-refractivity contribution in [3.8, 4) is 11.8 Å². The van der Waals surface area contributed by atoms with Crippen molar-refractivity contribution in [2.45, 2.75) is 91.6 Å². The third-order valence-corrected chi connectivity index (χ3v) is 8.83. The lowest BCUT2D eigenvalue weighted by Gasteiger charge is -2.44. The minimum absolute atomic E-state index is 0.00640. The molecule has 3 fully saturated rings. The van der Waals surface area contributed by atoms with Crippen LogP contribution in [0.25, 0.3) is 0 Å². The van der Waals surface area contributed by atoms with Gasteiger partial charge >= 0.3 is 5.97 Å². The van der Waals surface area contributed by atoms with Gasteiger partial charge in [0, 0.05) is 18.3 Å². The van der Waals surface area contributed by atoms with Gasteiger partial charge in [0.2, 0.25) is 0 Å². The van der Waals surface area contributed by atoms with E-state index >= 15 is 0 Å². The molecule has 35 heavy (non-hydrogen) atoms. The van der Waals surface area contributed by atoms with Crippen LogP contribution in [0.5, 0.6) is 0 Å². The highest BCUT2D eigenvalue weighted by atomic mass is 16.5. The fraction of sp³-hybridized carbons (Fsp3) is 0.710. The molecule has 3 saturated carbocycles. The van der Waals surface area contributed by atoms with Crippen LogP contribution in [-0.2, 0) is 9.53 Å². The topological polar surface area (TPSA) is 66.8 Å². The summed E-state index contributed by atoms with van der Waals surface area (Å²) in [5, 5.41) is 19.5. The highest BCUT2D eigenvalue weighted by molar-refractivity contribution is 5.66. The van der Waals surface area contributed by atoms with Crippen molar-refractivity contribution >= 4 is 5.97 Å². The molecule has 2 unspecified atom stereocenters. The molecule has 4 nitrogen and oxygen atoms in total. The van der Waals surface area contributed by atoms with Crippen LogP contribution < -0.4 is 0 Å². The van der Waals surface area contributed by atoms with Crippen LogP contribution in [-0.4, -0.2) is 35.5 Å². The predicted octanol–water partition coefficient (Wildman–Crippen LogP) is 6.56. The monoisotopic (exact) mass is 482 g/mol. The number of carboxylic acids is 1. The summed E-state index contributed by atoms with van der Waals surface area (Å²) in [5.41, 5.74) is 3.88. The summed E-state index contributed by atoms with van der Waals surface area (Å²) in [6, 6.07) is 0. The normalized spacial score (nSPS) is 34.1. The molecule has 0 aromatic heterocycles. The Bertz CT molecular complexity index is 885. The van der Waals surface area contributed by atoms with E-state index in [1.54, 1.807) is 5.57 Å². The summed E-state index contributed by atoms with van der Waals surface area (Å²) in [6.45, 7) is 14.0. The Kier molecular flexibility index (Phi) is 9.85. The van der Waals surface area contributed by atoms with Crippen molar-refractivity contribution < 1.29 is 19.7 Å². The Morgan fingerprint density at radius 2 is 2.00 bits per heavy atom. The van der Waals surface area contributed by atoms with Crippen molar-refractivity contribution in [1.29, 1.82) is 0 Å². The highest BCUT2D eigenvalue weighted by Crippen LogP contribution is 2.59. The first-order valence-corrected chi connectivity index (χ1v) is 13.7. The number of hydrogen-bond donors (Lipinski definition) is 2. The van der Waals surface area contributed by atoms with Gasteiger partial charge in [0.15, 0.2) is 0 Å². The van der Waals surface area contributed by atoms with E-state index in [0.717, 1.165) is 36.3 Å². The van der Waals surface area contributed by atoms with E-state index < -0.39 is 12.1 Å². The van der Waals surface area contributed by atoms with E-state index in [1.807, 2.05) is 0 Å². The van der Waals surface area contributed by atoms with Crippen LogP contribution in [0, 0.1) is 46.8 Å². The number of aliphatic hydroxyl groups excluding tert-OH is 1. The first-order valence-electron chi connectivity index (χ1n) is 13.7. The van der Waals surface area contributed by atoms with E-state index in [-0.39, 0.29) is 18.9 Å². The van der Waals surface area contributed by atoms with Gasteiger partial charge in [-0.1, -0.05) is 52.0 Å². The second-order valence-electron chi connectivity index (χ2n) is 11.7. The van der Waals surface area contributed by atoms with Gasteiger partial charge in [-0.05, 0) is 79.3 Å². The van der Waals surface area contributed by atoms with E-state index in [9.17, 15) is 9.90 Å². The minimum Gasteiger partial charge on any atom is -0.481 e. The number of ether oxygens (including phenoxy) is 1. The molecule has 194 valence electrons. The molecule has 0 saturated heterocycles. The summed E-state index contributed by atoms with van der Waals surface area (Å²) in [4.78, 5) is 10.7. The van der Waals surface area contributed by atoms with Crippen LogP contribution in [0.4, 0.5) is 0 Å². The minimum atomic E-state index is -0.862. The molecular formula is C31H46O4.